The highest BCUT2D eigenvalue weighted by molar-refractivity contribution is 5.76. The van der Waals surface area contributed by atoms with Crippen molar-refractivity contribution in [3.05, 3.63) is 78.4 Å². The fourth-order valence-corrected chi connectivity index (χ4v) is 3.52. The lowest BCUT2D eigenvalue weighted by Gasteiger charge is -2.18. The number of hydrogen-bond donors (Lipinski definition) is 1. The summed E-state index contributed by atoms with van der Waals surface area (Å²) < 4.78 is 28.3. The zero-order valence-electron chi connectivity index (χ0n) is 21.9. The van der Waals surface area contributed by atoms with Crippen LogP contribution in [-0.2, 0) is 30.2 Å². The Morgan fingerprint density at radius 3 is 2.44 bits per heavy atom. The third kappa shape index (κ3) is 12.6. The SMILES string of the molecule is C=C/C=C(\C=C)COC(=O)C(Cc1ccc(C2=CCOCC2)cc1)OC=O.CNC(C)CC(C)(C)F. The Morgan fingerprint density at radius 1 is 1.28 bits per heavy atom. The molecular formula is C29H40FNO5. The summed E-state index contributed by atoms with van der Waals surface area (Å²) >= 11 is 0. The Hall–Kier alpha value is -3.03. The first-order valence-corrected chi connectivity index (χ1v) is 12.1. The highest BCUT2D eigenvalue weighted by Gasteiger charge is 2.22. The van der Waals surface area contributed by atoms with Crippen LogP contribution in [0.15, 0.2) is 67.3 Å². The van der Waals surface area contributed by atoms with Gasteiger partial charge in [-0.3, -0.25) is 4.79 Å². The van der Waals surface area contributed by atoms with Crippen molar-refractivity contribution in [3.8, 4) is 0 Å². The number of alkyl halides is 1. The Bertz CT molecular complexity index is 899. The van der Waals surface area contributed by atoms with Crippen molar-refractivity contribution >= 4 is 18.0 Å². The molecule has 198 valence electrons. The van der Waals surface area contributed by atoms with Crippen LogP contribution in [0.1, 0.15) is 44.7 Å². The monoisotopic (exact) mass is 501 g/mol. The highest BCUT2D eigenvalue weighted by atomic mass is 19.1. The summed E-state index contributed by atoms with van der Waals surface area (Å²) in [4.78, 5) is 23.0. The molecule has 0 bridgehead atoms. The van der Waals surface area contributed by atoms with E-state index in [-0.39, 0.29) is 25.5 Å². The van der Waals surface area contributed by atoms with Crippen molar-refractivity contribution < 1.29 is 28.2 Å². The van der Waals surface area contributed by atoms with Gasteiger partial charge in [0, 0.05) is 12.5 Å². The minimum Gasteiger partial charge on any atom is -0.458 e. The minimum absolute atomic E-state index is 0.0439. The summed E-state index contributed by atoms with van der Waals surface area (Å²) in [5, 5.41) is 2.98. The summed E-state index contributed by atoms with van der Waals surface area (Å²) in [5.41, 5.74) is 2.92. The van der Waals surface area contributed by atoms with Crippen LogP contribution >= 0.6 is 0 Å². The second-order valence-electron chi connectivity index (χ2n) is 9.08. The number of carbonyl (C=O) groups is 2. The maximum Gasteiger partial charge on any atom is 0.348 e. The molecule has 6 nitrogen and oxygen atoms in total. The van der Waals surface area contributed by atoms with Gasteiger partial charge in [0.25, 0.3) is 6.47 Å². The largest absolute Gasteiger partial charge is 0.458 e. The van der Waals surface area contributed by atoms with Crippen molar-refractivity contribution in [2.75, 3.05) is 26.9 Å². The maximum absolute atomic E-state index is 12.8. The van der Waals surface area contributed by atoms with Crippen LogP contribution in [0.5, 0.6) is 0 Å². The van der Waals surface area contributed by atoms with E-state index in [0.29, 0.717) is 18.6 Å². The van der Waals surface area contributed by atoms with Gasteiger partial charge in [0.1, 0.15) is 12.3 Å². The molecule has 7 heteroatoms. The second-order valence-corrected chi connectivity index (χ2v) is 9.08. The normalized spacial score (nSPS) is 15.4. The molecule has 1 aromatic carbocycles. The lowest BCUT2D eigenvalue weighted by molar-refractivity contribution is -0.160. The van der Waals surface area contributed by atoms with Crippen molar-refractivity contribution in [3.63, 3.8) is 0 Å². The van der Waals surface area contributed by atoms with Crippen LogP contribution in [0, 0.1) is 0 Å². The van der Waals surface area contributed by atoms with Gasteiger partial charge in [-0.25, -0.2) is 9.18 Å². The number of carbonyl (C=O) groups excluding carboxylic acids is 2. The molecule has 0 fully saturated rings. The molecule has 0 spiro atoms. The predicted octanol–water partition coefficient (Wildman–Crippen LogP) is 5.15. The van der Waals surface area contributed by atoms with E-state index in [1.807, 2.05) is 38.2 Å². The van der Waals surface area contributed by atoms with Crippen LogP contribution in [0.25, 0.3) is 5.57 Å². The average Bonchev–Trinajstić information content (AvgIpc) is 2.86. The van der Waals surface area contributed by atoms with E-state index in [4.69, 9.17) is 14.2 Å². The van der Waals surface area contributed by atoms with E-state index < -0.39 is 17.7 Å². The lowest BCUT2D eigenvalue weighted by atomic mass is 9.98. The molecule has 1 aromatic rings. The first-order valence-electron chi connectivity index (χ1n) is 12.1. The van der Waals surface area contributed by atoms with E-state index in [0.717, 1.165) is 24.2 Å². The molecule has 2 unspecified atom stereocenters. The summed E-state index contributed by atoms with van der Waals surface area (Å²) in [7, 11) is 1.84. The summed E-state index contributed by atoms with van der Waals surface area (Å²) in [6.45, 7) is 14.1. The molecule has 2 atom stereocenters. The fourth-order valence-electron chi connectivity index (χ4n) is 3.52. The molecular weight excluding hydrogens is 461 g/mol. The number of hydrogen-bond acceptors (Lipinski definition) is 6. The molecule has 0 amide bonds. The van der Waals surface area contributed by atoms with Gasteiger partial charge < -0.3 is 19.5 Å². The van der Waals surface area contributed by atoms with Crippen LogP contribution in [0.3, 0.4) is 0 Å². The molecule has 1 aliphatic heterocycles. The first-order chi connectivity index (χ1) is 17.1. The molecule has 1 aliphatic rings. The minimum atomic E-state index is -1.04. The maximum atomic E-state index is 12.8. The summed E-state index contributed by atoms with van der Waals surface area (Å²) in [6.07, 6.45) is 7.63. The average molecular weight is 502 g/mol. The molecule has 0 aliphatic carbocycles. The van der Waals surface area contributed by atoms with E-state index >= 15 is 0 Å². The third-order valence-corrected chi connectivity index (χ3v) is 5.45. The molecule has 36 heavy (non-hydrogen) atoms. The van der Waals surface area contributed by atoms with Crippen LogP contribution in [-0.4, -0.2) is 57.1 Å². The Morgan fingerprint density at radius 2 is 1.97 bits per heavy atom. The number of ether oxygens (including phenoxy) is 3. The quantitative estimate of drug-likeness (QED) is 0.229. The third-order valence-electron chi connectivity index (χ3n) is 5.45. The Kier molecular flexibility index (Phi) is 14.3. The smallest absolute Gasteiger partial charge is 0.348 e. The standard InChI is InChI=1S/C22H24O5.C7H16FN/c1-3-5-17(4-2)15-26-22(24)21(27-16-23)14-18-6-8-19(9-7-18)20-10-12-25-13-11-20;1-6(9-4)5-7(2,3)8/h3-10,16,21H,1-2,11-15H2;6,9H,5H2,1-4H3/b17-5+;. The molecule has 0 saturated heterocycles. The molecule has 2 rings (SSSR count). The van der Waals surface area contributed by atoms with Gasteiger partial charge in [-0.2, -0.15) is 0 Å². The van der Waals surface area contributed by atoms with Gasteiger partial charge in [0.2, 0.25) is 6.10 Å². The van der Waals surface area contributed by atoms with E-state index in [2.05, 4.69) is 24.6 Å². The number of halogens is 1. The molecule has 0 saturated carbocycles. The lowest BCUT2D eigenvalue weighted by Crippen LogP contribution is -2.29. The van der Waals surface area contributed by atoms with Crippen LogP contribution < -0.4 is 5.32 Å². The van der Waals surface area contributed by atoms with Gasteiger partial charge in [-0.05, 0) is 62.9 Å². The number of esters is 1. The Balaban J connectivity index is 0.000000613. The van der Waals surface area contributed by atoms with E-state index in [1.165, 1.54) is 5.57 Å². The van der Waals surface area contributed by atoms with Gasteiger partial charge in [0.05, 0.1) is 13.2 Å². The fraction of sp³-hybridized carbons (Fsp3) is 0.448. The van der Waals surface area contributed by atoms with E-state index in [9.17, 15) is 14.0 Å². The number of rotatable bonds is 13. The van der Waals surface area contributed by atoms with Crippen LogP contribution in [0.4, 0.5) is 4.39 Å². The zero-order valence-corrected chi connectivity index (χ0v) is 21.9. The van der Waals surface area contributed by atoms with Crippen molar-refractivity contribution in [1.82, 2.24) is 5.32 Å². The molecule has 0 aromatic heterocycles. The summed E-state index contributed by atoms with van der Waals surface area (Å²) in [5.74, 6) is -0.602. The number of allylic oxidation sites excluding steroid dienone is 2. The highest BCUT2D eigenvalue weighted by Crippen LogP contribution is 2.22. The van der Waals surface area contributed by atoms with Crippen molar-refractivity contribution in [2.24, 2.45) is 0 Å². The molecule has 0 radical (unpaired) electrons. The van der Waals surface area contributed by atoms with Gasteiger partial charge in [0.15, 0.2) is 0 Å². The molecule has 1 heterocycles. The van der Waals surface area contributed by atoms with Gasteiger partial charge >= 0.3 is 5.97 Å². The van der Waals surface area contributed by atoms with E-state index in [1.54, 1.807) is 32.1 Å². The van der Waals surface area contributed by atoms with Gasteiger partial charge in [-0.15, -0.1) is 0 Å². The second kappa shape index (κ2) is 16.6. The predicted molar refractivity (Wildman–Crippen MR) is 142 cm³/mol. The summed E-state index contributed by atoms with van der Waals surface area (Å²) in [6, 6.07) is 8.11. The Labute approximate surface area is 214 Å². The van der Waals surface area contributed by atoms with Crippen molar-refractivity contribution in [2.45, 2.75) is 57.8 Å². The number of nitrogens with one attached hydrogen (secondary N) is 1. The van der Waals surface area contributed by atoms with Crippen LogP contribution in [0.2, 0.25) is 0 Å². The molecule has 1 N–H and O–H groups in total. The van der Waals surface area contributed by atoms with Gasteiger partial charge in [-0.1, -0.05) is 61.7 Å². The van der Waals surface area contributed by atoms with Crippen molar-refractivity contribution in [1.29, 1.82) is 0 Å². The topological polar surface area (TPSA) is 73.9 Å². The first kappa shape index (κ1) is 31.0. The number of benzene rings is 1. The zero-order chi connectivity index (χ0) is 27.0.